The molecule has 3 rings (SSSR count). The van der Waals surface area contributed by atoms with Crippen LogP contribution in [0.5, 0.6) is 0 Å². The van der Waals surface area contributed by atoms with Crippen molar-refractivity contribution in [2.45, 2.75) is 18.3 Å². The standard InChI is InChI=1S/C12H12N2/c1-2-4-9(5-3-1)10-8-11(10)12-6-7-13-14-12/h1-7,10-11H,8H2,(H,13,14)/t10-,11-/m0/s1. The molecule has 1 fully saturated rings. The Bertz CT molecular complexity index is 405. The third kappa shape index (κ3) is 1.23. The van der Waals surface area contributed by atoms with E-state index in [0.717, 1.165) is 0 Å². The molecule has 0 unspecified atom stereocenters. The van der Waals surface area contributed by atoms with Gasteiger partial charge in [-0.2, -0.15) is 5.10 Å². The smallest absolute Gasteiger partial charge is 0.0490 e. The summed E-state index contributed by atoms with van der Waals surface area (Å²) in [6, 6.07) is 12.8. The van der Waals surface area contributed by atoms with Crippen LogP contribution >= 0.6 is 0 Å². The van der Waals surface area contributed by atoms with Gasteiger partial charge in [0, 0.05) is 17.8 Å². The van der Waals surface area contributed by atoms with Crippen LogP contribution in [0.1, 0.15) is 29.5 Å². The maximum absolute atomic E-state index is 3.99. The number of nitrogens with one attached hydrogen (secondary N) is 1. The Balaban J connectivity index is 1.81. The minimum atomic E-state index is 0.667. The van der Waals surface area contributed by atoms with E-state index in [1.807, 2.05) is 6.20 Å². The van der Waals surface area contributed by atoms with Gasteiger partial charge in [-0.3, -0.25) is 5.10 Å². The minimum absolute atomic E-state index is 0.667. The van der Waals surface area contributed by atoms with E-state index in [-0.39, 0.29) is 0 Å². The maximum atomic E-state index is 3.99. The van der Waals surface area contributed by atoms with Gasteiger partial charge in [0.2, 0.25) is 0 Å². The molecule has 2 nitrogen and oxygen atoms in total. The molecular weight excluding hydrogens is 172 g/mol. The fraction of sp³-hybridized carbons (Fsp3) is 0.250. The predicted molar refractivity (Wildman–Crippen MR) is 55.1 cm³/mol. The van der Waals surface area contributed by atoms with Crippen molar-refractivity contribution < 1.29 is 0 Å². The highest BCUT2D eigenvalue weighted by atomic mass is 15.1. The van der Waals surface area contributed by atoms with E-state index >= 15 is 0 Å². The van der Waals surface area contributed by atoms with Gasteiger partial charge in [-0.1, -0.05) is 30.3 Å². The molecule has 2 atom stereocenters. The Labute approximate surface area is 83.0 Å². The third-order valence-electron chi connectivity index (χ3n) is 2.94. The number of hydrogen-bond donors (Lipinski definition) is 1. The number of hydrogen-bond acceptors (Lipinski definition) is 1. The maximum Gasteiger partial charge on any atom is 0.0490 e. The van der Waals surface area contributed by atoms with Crippen LogP contribution in [-0.2, 0) is 0 Å². The molecule has 70 valence electrons. The summed E-state index contributed by atoms with van der Waals surface area (Å²) in [6.45, 7) is 0. The number of nitrogens with zero attached hydrogens (tertiary/aromatic N) is 1. The quantitative estimate of drug-likeness (QED) is 0.763. The number of benzene rings is 1. The summed E-state index contributed by atoms with van der Waals surface area (Å²) in [7, 11) is 0. The molecule has 1 aromatic carbocycles. The van der Waals surface area contributed by atoms with Gasteiger partial charge in [-0.15, -0.1) is 0 Å². The van der Waals surface area contributed by atoms with Crippen LogP contribution in [0.15, 0.2) is 42.6 Å². The van der Waals surface area contributed by atoms with Crippen LogP contribution in [0.25, 0.3) is 0 Å². The fourth-order valence-corrected chi connectivity index (χ4v) is 2.08. The van der Waals surface area contributed by atoms with Crippen LogP contribution in [0.4, 0.5) is 0 Å². The zero-order valence-corrected chi connectivity index (χ0v) is 7.85. The zero-order chi connectivity index (χ0) is 9.38. The van der Waals surface area contributed by atoms with Crippen molar-refractivity contribution in [3.8, 4) is 0 Å². The highest BCUT2D eigenvalue weighted by molar-refractivity contribution is 5.32. The first-order valence-electron chi connectivity index (χ1n) is 4.99. The van der Waals surface area contributed by atoms with E-state index in [4.69, 9.17) is 0 Å². The number of aromatic nitrogens is 2. The second kappa shape index (κ2) is 2.98. The molecule has 0 spiro atoms. The molecule has 1 aliphatic carbocycles. The normalized spacial score (nSPS) is 24.9. The highest BCUT2D eigenvalue weighted by Gasteiger charge is 2.40. The molecule has 0 bridgehead atoms. The lowest BCUT2D eigenvalue weighted by Crippen LogP contribution is -1.84. The van der Waals surface area contributed by atoms with Crippen LogP contribution in [0.3, 0.4) is 0 Å². The Morgan fingerprint density at radius 3 is 2.64 bits per heavy atom. The topological polar surface area (TPSA) is 28.7 Å². The molecule has 1 saturated carbocycles. The molecule has 0 radical (unpaired) electrons. The molecule has 0 amide bonds. The third-order valence-corrected chi connectivity index (χ3v) is 2.94. The highest BCUT2D eigenvalue weighted by Crippen LogP contribution is 2.53. The molecule has 1 aromatic heterocycles. The van der Waals surface area contributed by atoms with Gasteiger partial charge < -0.3 is 0 Å². The van der Waals surface area contributed by atoms with Crippen molar-refractivity contribution in [3.63, 3.8) is 0 Å². The van der Waals surface area contributed by atoms with Crippen LogP contribution < -0.4 is 0 Å². The predicted octanol–water partition coefficient (Wildman–Crippen LogP) is 2.68. The van der Waals surface area contributed by atoms with Gasteiger partial charge in [0.15, 0.2) is 0 Å². The Morgan fingerprint density at radius 2 is 1.93 bits per heavy atom. The summed E-state index contributed by atoms with van der Waals surface area (Å²) in [4.78, 5) is 0. The number of rotatable bonds is 2. The van der Waals surface area contributed by atoms with E-state index in [1.165, 1.54) is 17.7 Å². The van der Waals surface area contributed by atoms with Gasteiger partial charge in [0.05, 0.1) is 0 Å². The van der Waals surface area contributed by atoms with Crippen LogP contribution in [-0.4, -0.2) is 10.2 Å². The largest absolute Gasteiger partial charge is 0.282 e. The monoisotopic (exact) mass is 184 g/mol. The van der Waals surface area contributed by atoms with Gasteiger partial charge in [-0.25, -0.2) is 0 Å². The van der Waals surface area contributed by atoms with E-state index < -0.39 is 0 Å². The van der Waals surface area contributed by atoms with Crippen molar-refractivity contribution in [2.75, 3.05) is 0 Å². The van der Waals surface area contributed by atoms with Crippen molar-refractivity contribution in [1.82, 2.24) is 10.2 Å². The number of aromatic amines is 1. The average molecular weight is 184 g/mol. The lowest BCUT2D eigenvalue weighted by Gasteiger charge is -1.97. The zero-order valence-electron chi connectivity index (χ0n) is 7.85. The van der Waals surface area contributed by atoms with E-state index in [0.29, 0.717) is 11.8 Å². The van der Waals surface area contributed by atoms with E-state index in [9.17, 15) is 0 Å². The molecule has 0 saturated heterocycles. The second-order valence-corrected chi connectivity index (χ2v) is 3.87. The van der Waals surface area contributed by atoms with E-state index in [1.54, 1.807) is 0 Å². The fourth-order valence-electron chi connectivity index (χ4n) is 2.08. The van der Waals surface area contributed by atoms with Crippen molar-refractivity contribution >= 4 is 0 Å². The Kier molecular flexibility index (Phi) is 1.66. The summed E-state index contributed by atoms with van der Waals surface area (Å²) in [5.74, 6) is 1.37. The first kappa shape index (κ1) is 7.80. The van der Waals surface area contributed by atoms with Gasteiger partial charge in [0.1, 0.15) is 0 Å². The molecule has 1 aliphatic rings. The Morgan fingerprint density at radius 1 is 1.07 bits per heavy atom. The van der Waals surface area contributed by atoms with Crippen LogP contribution in [0, 0.1) is 0 Å². The second-order valence-electron chi connectivity index (χ2n) is 3.87. The van der Waals surface area contributed by atoms with Gasteiger partial charge >= 0.3 is 0 Å². The summed E-state index contributed by atoms with van der Waals surface area (Å²) >= 11 is 0. The SMILES string of the molecule is c1ccc([C@@H]2C[C@@H]2c2ccn[nH]2)cc1. The van der Waals surface area contributed by atoms with Gasteiger partial charge in [0.25, 0.3) is 0 Å². The lowest BCUT2D eigenvalue weighted by atomic mass is 10.1. The molecule has 1 heterocycles. The lowest BCUT2D eigenvalue weighted by molar-refractivity contribution is 0.932. The summed E-state index contributed by atoms with van der Waals surface area (Å²) in [5.41, 5.74) is 2.73. The first-order valence-corrected chi connectivity index (χ1v) is 4.99. The molecular formula is C12H12N2. The van der Waals surface area contributed by atoms with Crippen molar-refractivity contribution in [1.29, 1.82) is 0 Å². The summed E-state index contributed by atoms with van der Waals surface area (Å²) < 4.78 is 0. The van der Waals surface area contributed by atoms with Crippen molar-refractivity contribution in [3.05, 3.63) is 53.9 Å². The molecule has 2 heteroatoms. The van der Waals surface area contributed by atoms with Gasteiger partial charge in [-0.05, 0) is 24.0 Å². The summed E-state index contributed by atoms with van der Waals surface area (Å²) in [5, 5.41) is 7.04. The first-order chi connectivity index (χ1) is 6.95. The minimum Gasteiger partial charge on any atom is -0.282 e. The molecule has 0 aliphatic heterocycles. The molecule has 14 heavy (non-hydrogen) atoms. The van der Waals surface area contributed by atoms with E-state index in [2.05, 4.69) is 46.6 Å². The average Bonchev–Trinajstić information content (AvgIpc) is 2.87. The van der Waals surface area contributed by atoms with Crippen LogP contribution in [0.2, 0.25) is 0 Å². The summed E-state index contributed by atoms with van der Waals surface area (Å²) in [6.07, 6.45) is 3.09. The molecule has 2 aromatic rings. The molecule has 1 N–H and O–H groups in total. The van der Waals surface area contributed by atoms with Crippen molar-refractivity contribution in [2.24, 2.45) is 0 Å². The Hall–Kier alpha value is -1.57. The number of H-pyrrole nitrogens is 1.